The van der Waals surface area contributed by atoms with Gasteiger partial charge in [0, 0.05) is 60.0 Å². The summed E-state index contributed by atoms with van der Waals surface area (Å²) >= 11 is 0. The maximum atomic E-state index is 13.2. The van der Waals surface area contributed by atoms with Gasteiger partial charge in [-0.15, -0.1) is 0 Å². The molecule has 0 unspecified atom stereocenters. The topological polar surface area (TPSA) is 56.4 Å². The van der Waals surface area contributed by atoms with E-state index in [1.165, 1.54) is 0 Å². The lowest BCUT2D eigenvalue weighted by atomic mass is 9.98. The van der Waals surface area contributed by atoms with E-state index in [0.717, 1.165) is 38.2 Å². The van der Waals surface area contributed by atoms with Crippen molar-refractivity contribution >= 4 is 22.6 Å². The largest absolute Gasteiger partial charge is 0.360 e. The number of aromatic amines is 1. The third-order valence-corrected chi connectivity index (χ3v) is 5.32. The van der Waals surface area contributed by atoms with Gasteiger partial charge in [-0.2, -0.15) is 0 Å². The third kappa shape index (κ3) is 3.26. The van der Waals surface area contributed by atoms with Gasteiger partial charge in [-0.1, -0.05) is 43.3 Å². The van der Waals surface area contributed by atoms with Gasteiger partial charge in [-0.3, -0.25) is 9.59 Å². The zero-order chi connectivity index (χ0) is 18.8. The molecular weight excluding hydrogens is 338 g/mol. The molecule has 1 amide bonds. The van der Waals surface area contributed by atoms with Crippen molar-refractivity contribution in [1.29, 1.82) is 0 Å². The van der Waals surface area contributed by atoms with Crippen LogP contribution in [0.1, 0.15) is 33.2 Å². The number of carbonyl (C=O) groups excluding carboxylic acids is 2. The SMILES string of the molecule is CCN1CCN(C(=O)c2cccc3[nH]cc(C(=O)c4ccccc4)c23)CC1. The van der Waals surface area contributed by atoms with Crippen LogP contribution in [-0.4, -0.2) is 59.2 Å². The number of nitrogens with one attached hydrogen (secondary N) is 1. The van der Waals surface area contributed by atoms with Crippen LogP contribution >= 0.6 is 0 Å². The Morgan fingerprint density at radius 1 is 0.926 bits per heavy atom. The third-order valence-electron chi connectivity index (χ3n) is 5.32. The summed E-state index contributed by atoms with van der Waals surface area (Å²) in [4.78, 5) is 33.6. The Labute approximate surface area is 158 Å². The highest BCUT2D eigenvalue weighted by Crippen LogP contribution is 2.26. The molecule has 5 heteroatoms. The molecule has 0 spiro atoms. The van der Waals surface area contributed by atoms with Crippen molar-refractivity contribution in [3.05, 3.63) is 71.4 Å². The Morgan fingerprint density at radius 2 is 1.67 bits per heavy atom. The van der Waals surface area contributed by atoms with Crippen LogP contribution in [0.4, 0.5) is 0 Å². The second-order valence-electron chi connectivity index (χ2n) is 6.85. The lowest BCUT2D eigenvalue weighted by Crippen LogP contribution is -2.48. The molecule has 0 radical (unpaired) electrons. The highest BCUT2D eigenvalue weighted by atomic mass is 16.2. The number of piperazine rings is 1. The van der Waals surface area contributed by atoms with Crippen molar-refractivity contribution in [2.24, 2.45) is 0 Å². The standard InChI is InChI=1S/C22H23N3O2/c1-2-24-11-13-25(14-12-24)22(27)17-9-6-10-19-20(17)18(15-23-19)21(26)16-7-4-3-5-8-16/h3-10,15,23H,2,11-14H2,1H3. The number of nitrogens with zero attached hydrogens (tertiary/aromatic N) is 2. The highest BCUT2D eigenvalue weighted by Gasteiger charge is 2.25. The molecule has 1 aliphatic heterocycles. The van der Waals surface area contributed by atoms with Crippen LogP contribution in [-0.2, 0) is 0 Å². The van der Waals surface area contributed by atoms with Gasteiger partial charge in [-0.25, -0.2) is 0 Å². The fraction of sp³-hybridized carbons (Fsp3) is 0.273. The first-order chi connectivity index (χ1) is 13.2. The molecule has 3 aromatic rings. The summed E-state index contributed by atoms with van der Waals surface area (Å²) in [5.41, 5.74) is 2.58. The number of fused-ring (bicyclic) bond motifs is 1. The van der Waals surface area contributed by atoms with E-state index in [1.54, 1.807) is 18.3 Å². The van der Waals surface area contributed by atoms with Gasteiger partial charge in [-0.05, 0) is 18.7 Å². The van der Waals surface area contributed by atoms with E-state index in [9.17, 15) is 9.59 Å². The van der Waals surface area contributed by atoms with Crippen LogP contribution in [0, 0.1) is 0 Å². The maximum Gasteiger partial charge on any atom is 0.254 e. The molecule has 1 saturated heterocycles. The van der Waals surface area contributed by atoms with Gasteiger partial charge < -0.3 is 14.8 Å². The van der Waals surface area contributed by atoms with Gasteiger partial charge >= 0.3 is 0 Å². The van der Waals surface area contributed by atoms with E-state index in [0.29, 0.717) is 22.1 Å². The lowest BCUT2D eigenvalue weighted by Gasteiger charge is -2.34. The fourth-order valence-corrected chi connectivity index (χ4v) is 3.72. The van der Waals surface area contributed by atoms with Crippen molar-refractivity contribution in [3.63, 3.8) is 0 Å². The minimum atomic E-state index is -0.0714. The number of ketones is 1. The summed E-state index contributed by atoms with van der Waals surface area (Å²) < 4.78 is 0. The lowest BCUT2D eigenvalue weighted by molar-refractivity contribution is 0.0645. The molecule has 5 nitrogen and oxygen atoms in total. The van der Waals surface area contributed by atoms with Crippen LogP contribution < -0.4 is 0 Å². The predicted molar refractivity (Wildman–Crippen MR) is 106 cm³/mol. The van der Waals surface area contributed by atoms with E-state index >= 15 is 0 Å². The number of rotatable bonds is 4. The van der Waals surface area contributed by atoms with Crippen LogP contribution in [0.15, 0.2) is 54.7 Å². The second-order valence-corrected chi connectivity index (χ2v) is 6.85. The van der Waals surface area contributed by atoms with Gasteiger partial charge in [0.1, 0.15) is 0 Å². The number of carbonyl (C=O) groups is 2. The molecule has 0 bridgehead atoms. The van der Waals surface area contributed by atoms with E-state index in [-0.39, 0.29) is 11.7 Å². The molecule has 27 heavy (non-hydrogen) atoms. The summed E-state index contributed by atoms with van der Waals surface area (Å²) in [6, 6.07) is 14.8. The molecule has 0 saturated carbocycles. The van der Waals surface area contributed by atoms with Crippen molar-refractivity contribution in [1.82, 2.24) is 14.8 Å². The van der Waals surface area contributed by atoms with Crippen LogP contribution in [0.5, 0.6) is 0 Å². The van der Waals surface area contributed by atoms with Crippen molar-refractivity contribution < 1.29 is 9.59 Å². The smallest absolute Gasteiger partial charge is 0.254 e. The number of likely N-dealkylation sites (N-methyl/N-ethyl adjacent to an activating group) is 1. The summed E-state index contributed by atoms with van der Waals surface area (Å²) in [6.45, 7) is 6.36. The zero-order valence-corrected chi connectivity index (χ0v) is 15.4. The van der Waals surface area contributed by atoms with Crippen molar-refractivity contribution in [2.75, 3.05) is 32.7 Å². The fourth-order valence-electron chi connectivity index (χ4n) is 3.72. The molecule has 138 valence electrons. The number of amides is 1. The molecule has 1 aromatic heterocycles. The maximum absolute atomic E-state index is 13.2. The Morgan fingerprint density at radius 3 is 2.37 bits per heavy atom. The Hall–Kier alpha value is -2.92. The summed E-state index contributed by atoms with van der Waals surface area (Å²) in [7, 11) is 0. The van der Waals surface area contributed by atoms with E-state index in [2.05, 4.69) is 16.8 Å². The Balaban J connectivity index is 1.71. The normalized spacial score (nSPS) is 15.2. The molecule has 2 aromatic carbocycles. The summed E-state index contributed by atoms with van der Waals surface area (Å²) in [5.74, 6) is -0.0732. The molecule has 1 N–H and O–H groups in total. The number of aromatic nitrogens is 1. The first-order valence-electron chi connectivity index (χ1n) is 9.40. The minimum Gasteiger partial charge on any atom is -0.360 e. The molecule has 1 aliphatic rings. The van der Waals surface area contributed by atoms with Crippen LogP contribution in [0.25, 0.3) is 10.9 Å². The van der Waals surface area contributed by atoms with E-state index < -0.39 is 0 Å². The summed E-state index contributed by atoms with van der Waals surface area (Å²) in [6.07, 6.45) is 1.71. The highest BCUT2D eigenvalue weighted by molar-refractivity contribution is 6.20. The van der Waals surface area contributed by atoms with Gasteiger partial charge in [0.2, 0.25) is 0 Å². The van der Waals surface area contributed by atoms with Crippen molar-refractivity contribution in [3.8, 4) is 0 Å². The number of hydrogen-bond donors (Lipinski definition) is 1. The average molecular weight is 361 g/mol. The Kier molecular flexibility index (Phi) is 4.77. The van der Waals surface area contributed by atoms with Gasteiger partial charge in [0.15, 0.2) is 5.78 Å². The monoisotopic (exact) mass is 361 g/mol. The first-order valence-corrected chi connectivity index (χ1v) is 9.40. The zero-order valence-electron chi connectivity index (χ0n) is 15.4. The number of benzene rings is 2. The molecule has 0 atom stereocenters. The second kappa shape index (κ2) is 7.37. The van der Waals surface area contributed by atoms with E-state index in [4.69, 9.17) is 0 Å². The molecule has 4 rings (SSSR count). The summed E-state index contributed by atoms with van der Waals surface area (Å²) in [5, 5.41) is 0.717. The van der Waals surface area contributed by atoms with Crippen molar-refractivity contribution in [2.45, 2.75) is 6.92 Å². The minimum absolute atomic E-state index is 0.00179. The number of hydrogen-bond acceptors (Lipinski definition) is 3. The van der Waals surface area contributed by atoms with Crippen LogP contribution in [0.3, 0.4) is 0 Å². The molecule has 2 heterocycles. The first kappa shape index (κ1) is 17.5. The molecule has 0 aliphatic carbocycles. The predicted octanol–water partition coefficient (Wildman–Crippen LogP) is 3.18. The quantitative estimate of drug-likeness (QED) is 0.726. The van der Waals surface area contributed by atoms with Crippen LogP contribution in [0.2, 0.25) is 0 Å². The Bertz CT molecular complexity index is 970. The molecule has 1 fully saturated rings. The average Bonchev–Trinajstić information content (AvgIpc) is 3.17. The van der Waals surface area contributed by atoms with Gasteiger partial charge in [0.25, 0.3) is 5.91 Å². The van der Waals surface area contributed by atoms with E-state index in [1.807, 2.05) is 41.3 Å². The van der Waals surface area contributed by atoms with Gasteiger partial charge in [0.05, 0.1) is 0 Å². The molecular formula is C22H23N3O2. The number of H-pyrrole nitrogens is 1.